The highest BCUT2D eigenvalue weighted by atomic mass is 19.2. The van der Waals surface area contributed by atoms with Crippen LogP contribution in [0.4, 0.5) is 14.5 Å². The number of piperidine rings is 1. The molecule has 2 atom stereocenters. The van der Waals surface area contributed by atoms with Gasteiger partial charge in [0.1, 0.15) is 6.17 Å². The maximum atomic E-state index is 14.9. The van der Waals surface area contributed by atoms with Gasteiger partial charge in [0.15, 0.2) is 5.67 Å². The molecule has 1 amide bonds. The molecule has 1 aliphatic carbocycles. The fourth-order valence-electron chi connectivity index (χ4n) is 3.02. The number of hydrogen-bond donors (Lipinski definition) is 4. The Balaban J connectivity index is 1.72. The number of allylic oxidation sites excluding steroid dienone is 4. The number of nitrogens with two attached hydrogens (primary N) is 1. The van der Waals surface area contributed by atoms with Gasteiger partial charge in [0.2, 0.25) is 0 Å². The maximum absolute atomic E-state index is 14.9. The lowest BCUT2D eigenvalue weighted by molar-refractivity contribution is -0.114. The maximum Gasteiger partial charge on any atom is 0.250 e. The Morgan fingerprint density at radius 1 is 1.38 bits per heavy atom. The van der Waals surface area contributed by atoms with Crippen LogP contribution >= 0.6 is 0 Å². The molecule has 0 spiro atoms. The normalized spacial score (nSPS) is 27.3. The molecule has 1 aromatic carbocycles. The number of rotatable bonds is 4. The zero-order valence-electron chi connectivity index (χ0n) is 14.1. The van der Waals surface area contributed by atoms with Crippen molar-refractivity contribution in [3.8, 4) is 0 Å². The first-order chi connectivity index (χ1) is 12.4. The second kappa shape index (κ2) is 7.21. The summed E-state index contributed by atoms with van der Waals surface area (Å²) in [7, 11) is 0. The fourth-order valence-corrected chi connectivity index (χ4v) is 3.02. The molecule has 1 saturated heterocycles. The molecule has 0 bridgehead atoms. The first-order valence-electron chi connectivity index (χ1n) is 8.30. The van der Waals surface area contributed by atoms with Crippen molar-refractivity contribution in [1.82, 2.24) is 5.32 Å². The quantitative estimate of drug-likeness (QED) is 0.666. The Kier molecular flexibility index (Phi) is 4.99. The van der Waals surface area contributed by atoms with Crippen LogP contribution in [0.1, 0.15) is 12.0 Å². The van der Waals surface area contributed by atoms with E-state index in [1.807, 2.05) is 0 Å². The molecule has 2 aliphatic rings. The SMILES string of the molecule is N=C1C(C(N)=O)=CC=C/C1=C/Nc1ccc(C2(F)CNCCC2F)cc1. The van der Waals surface area contributed by atoms with Crippen molar-refractivity contribution in [3.05, 3.63) is 65.4 Å². The monoisotopic (exact) mass is 358 g/mol. The first kappa shape index (κ1) is 18.0. The minimum atomic E-state index is -2.02. The van der Waals surface area contributed by atoms with E-state index in [1.54, 1.807) is 42.6 Å². The summed E-state index contributed by atoms with van der Waals surface area (Å²) in [4.78, 5) is 11.3. The Labute approximate surface area is 150 Å². The van der Waals surface area contributed by atoms with Crippen molar-refractivity contribution in [3.63, 3.8) is 0 Å². The highest BCUT2D eigenvalue weighted by Crippen LogP contribution is 2.35. The molecule has 1 fully saturated rings. The topological polar surface area (TPSA) is 91.0 Å². The smallest absolute Gasteiger partial charge is 0.250 e. The third-order valence-electron chi connectivity index (χ3n) is 4.57. The molecular weight excluding hydrogens is 338 g/mol. The van der Waals surface area contributed by atoms with Crippen LogP contribution in [0.3, 0.4) is 0 Å². The van der Waals surface area contributed by atoms with Crippen LogP contribution in [0, 0.1) is 5.41 Å². The molecule has 5 N–H and O–H groups in total. The lowest BCUT2D eigenvalue weighted by Crippen LogP contribution is -2.48. The average Bonchev–Trinajstić information content (AvgIpc) is 2.63. The summed E-state index contributed by atoms with van der Waals surface area (Å²) in [6.07, 6.45) is 4.98. The van der Waals surface area contributed by atoms with Crippen molar-refractivity contribution in [2.75, 3.05) is 18.4 Å². The van der Waals surface area contributed by atoms with Gasteiger partial charge in [-0.15, -0.1) is 0 Å². The van der Waals surface area contributed by atoms with Crippen molar-refractivity contribution in [2.24, 2.45) is 5.73 Å². The van der Waals surface area contributed by atoms with Crippen LogP contribution in [0.15, 0.2) is 59.8 Å². The van der Waals surface area contributed by atoms with Gasteiger partial charge >= 0.3 is 0 Å². The van der Waals surface area contributed by atoms with E-state index < -0.39 is 17.7 Å². The van der Waals surface area contributed by atoms with Crippen LogP contribution in [0.5, 0.6) is 0 Å². The van der Waals surface area contributed by atoms with E-state index in [1.165, 1.54) is 6.08 Å². The van der Waals surface area contributed by atoms with Crippen LogP contribution in [-0.4, -0.2) is 30.9 Å². The Bertz CT molecular complexity index is 813. The highest BCUT2D eigenvalue weighted by molar-refractivity contribution is 6.28. The Hall–Kier alpha value is -2.80. The summed E-state index contributed by atoms with van der Waals surface area (Å²) >= 11 is 0. The predicted molar refractivity (Wildman–Crippen MR) is 97.5 cm³/mol. The van der Waals surface area contributed by atoms with Gasteiger partial charge in [-0.25, -0.2) is 8.78 Å². The van der Waals surface area contributed by atoms with E-state index in [4.69, 9.17) is 11.1 Å². The van der Waals surface area contributed by atoms with Gasteiger partial charge in [-0.05, 0) is 36.7 Å². The molecular formula is C19H20F2N4O. The molecule has 1 aromatic rings. The van der Waals surface area contributed by atoms with Crippen LogP contribution in [0.2, 0.25) is 0 Å². The minimum Gasteiger partial charge on any atom is -0.366 e. The fraction of sp³-hybridized carbons (Fsp3) is 0.263. The molecule has 5 nitrogen and oxygen atoms in total. The van der Waals surface area contributed by atoms with Crippen molar-refractivity contribution < 1.29 is 13.6 Å². The molecule has 3 rings (SSSR count). The molecule has 0 aromatic heterocycles. The number of benzene rings is 1. The van der Waals surface area contributed by atoms with Crippen LogP contribution < -0.4 is 16.4 Å². The minimum absolute atomic E-state index is 0.0281. The van der Waals surface area contributed by atoms with E-state index in [0.717, 1.165) is 0 Å². The lowest BCUT2D eigenvalue weighted by atomic mass is 9.86. The van der Waals surface area contributed by atoms with Crippen molar-refractivity contribution in [2.45, 2.75) is 18.3 Å². The van der Waals surface area contributed by atoms with Gasteiger partial charge < -0.3 is 16.4 Å². The van der Waals surface area contributed by atoms with E-state index in [-0.39, 0.29) is 24.3 Å². The third kappa shape index (κ3) is 3.43. The molecule has 1 heterocycles. The summed E-state index contributed by atoms with van der Waals surface area (Å²) in [6.45, 7) is 0.427. The number of primary amides is 1. The van der Waals surface area contributed by atoms with Crippen LogP contribution in [-0.2, 0) is 10.5 Å². The number of carbonyl (C=O) groups is 1. The van der Waals surface area contributed by atoms with Gasteiger partial charge in [-0.2, -0.15) is 0 Å². The molecule has 1 aliphatic heterocycles. The molecule has 7 heteroatoms. The first-order valence-corrected chi connectivity index (χ1v) is 8.30. The van der Waals surface area contributed by atoms with Gasteiger partial charge in [-0.3, -0.25) is 10.2 Å². The van der Waals surface area contributed by atoms with Gasteiger partial charge in [-0.1, -0.05) is 24.3 Å². The lowest BCUT2D eigenvalue weighted by Gasteiger charge is -2.33. The zero-order valence-corrected chi connectivity index (χ0v) is 14.1. The van der Waals surface area contributed by atoms with E-state index in [2.05, 4.69) is 10.6 Å². The second-order valence-electron chi connectivity index (χ2n) is 6.30. The van der Waals surface area contributed by atoms with Gasteiger partial charge in [0.25, 0.3) is 5.91 Å². The second-order valence-corrected chi connectivity index (χ2v) is 6.30. The molecule has 26 heavy (non-hydrogen) atoms. The zero-order chi connectivity index (χ0) is 18.7. The van der Waals surface area contributed by atoms with Gasteiger partial charge in [0, 0.05) is 24.0 Å². The van der Waals surface area contributed by atoms with E-state index >= 15 is 0 Å². The van der Waals surface area contributed by atoms with Crippen molar-refractivity contribution in [1.29, 1.82) is 5.41 Å². The summed E-state index contributed by atoms with van der Waals surface area (Å²) in [5, 5.41) is 13.9. The Morgan fingerprint density at radius 3 is 2.77 bits per heavy atom. The number of nitrogens with one attached hydrogen (secondary N) is 3. The predicted octanol–water partition coefficient (Wildman–Crippen LogP) is 2.48. The number of anilines is 1. The summed E-state index contributed by atoms with van der Waals surface area (Å²) in [6, 6.07) is 6.40. The summed E-state index contributed by atoms with van der Waals surface area (Å²) in [5.74, 6) is -0.662. The highest BCUT2D eigenvalue weighted by Gasteiger charge is 2.43. The van der Waals surface area contributed by atoms with Crippen molar-refractivity contribution >= 4 is 17.3 Å². The van der Waals surface area contributed by atoms with Crippen LogP contribution in [0.25, 0.3) is 0 Å². The van der Waals surface area contributed by atoms with Gasteiger partial charge in [0.05, 0.1) is 11.3 Å². The van der Waals surface area contributed by atoms with E-state index in [0.29, 0.717) is 23.4 Å². The molecule has 0 saturated carbocycles. The summed E-state index contributed by atoms with van der Waals surface area (Å²) in [5.41, 5.74) is 4.81. The molecule has 2 unspecified atom stereocenters. The number of alkyl halides is 2. The number of hydrogen-bond acceptors (Lipinski definition) is 4. The molecule has 0 radical (unpaired) electrons. The average molecular weight is 358 g/mol. The largest absolute Gasteiger partial charge is 0.366 e. The number of halogens is 2. The summed E-state index contributed by atoms with van der Waals surface area (Å²) < 4.78 is 29.0. The van der Waals surface area contributed by atoms with E-state index in [9.17, 15) is 13.6 Å². The number of carbonyl (C=O) groups excluding carboxylic acids is 1. The standard InChI is InChI=1S/C19H20F2N4O/c20-16-8-9-24-11-19(16,21)13-4-6-14(7-5-13)25-10-12-2-1-3-15(17(12)22)18(23)26/h1-7,10,16,22,24-25H,8-9,11H2,(H2,23,26)/b12-10-,22-17?. The number of amides is 1. The Morgan fingerprint density at radius 2 is 2.12 bits per heavy atom. The molecule has 136 valence electrons. The third-order valence-corrected chi connectivity index (χ3v) is 4.57.